The molecule has 0 amide bonds. The molecule has 0 aromatic carbocycles. The van der Waals surface area contributed by atoms with Crippen LogP contribution < -0.4 is 5.32 Å². The van der Waals surface area contributed by atoms with Gasteiger partial charge in [0.25, 0.3) is 0 Å². The minimum absolute atomic E-state index is 0.216. The molecule has 2 N–H and O–H groups in total. The van der Waals surface area contributed by atoms with Crippen LogP contribution >= 0.6 is 0 Å². The van der Waals surface area contributed by atoms with Crippen LogP contribution in [0.2, 0.25) is 0 Å². The summed E-state index contributed by atoms with van der Waals surface area (Å²) in [6.07, 6.45) is 1.61. The van der Waals surface area contributed by atoms with E-state index in [0.29, 0.717) is 18.3 Å². The maximum atomic E-state index is 11.3. The molecule has 3 nitrogen and oxygen atoms in total. The van der Waals surface area contributed by atoms with E-state index in [-0.39, 0.29) is 6.04 Å². The molecule has 0 saturated heterocycles. The highest BCUT2D eigenvalue weighted by molar-refractivity contribution is 5.78. The molecule has 16 heavy (non-hydrogen) atoms. The Labute approximate surface area is 99.6 Å². The Balaban J connectivity index is 4.51. The van der Waals surface area contributed by atoms with Crippen molar-refractivity contribution in [3.8, 4) is 0 Å². The average molecular weight is 229 g/mol. The number of hydrogen-bond acceptors (Lipinski definition) is 2. The summed E-state index contributed by atoms with van der Waals surface area (Å²) in [7, 11) is 0. The van der Waals surface area contributed by atoms with Gasteiger partial charge in [-0.2, -0.15) is 0 Å². The first-order chi connectivity index (χ1) is 7.19. The number of carbonyl (C=O) groups is 1. The Kier molecular flexibility index (Phi) is 6.01. The molecular formula is C13H27NO2. The Hall–Kier alpha value is -0.570. The molecule has 3 heteroatoms. The number of nitrogens with one attached hydrogen (secondary N) is 1. The van der Waals surface area contributed by atoms with Gasteiger partial charge in [-0.05, 0) is 38.5 Å². The van der Waals surface area contributed by atoms with Gasteiger partial charge in [0.2, 0.25) is 0 Å². The van der Waals surface area contributed by atoms with Crippen LogP contribution in [0.1, 0.15) is 54.4 Å². The highest BCUT2D eigenvalue weighted by atomic mass is 16.4. The highest BCUT2D eigenvalue weighted by Gasteiger charge is 2.34. The van der Waals surface area contributed by atoms with Gasteiger partial charge >= 0.3 is 5.97 Å². The molecule has 0 aromatic rings. The van der Waals surface area contributed by atoms with Crippen molar-refractivity contribution in [2.45, 2.75) is 66.0 Å². The Morgan fingerprint density at radius 1 is 1.25 bits per heavy atom. The second kappa shape index (κ2) is 6.24. The summed E-state index contributed by atoms with van der Waals surface area (Å²) < 4.78 is 0. The fraction of sp³-hybridized carbons (Fsp3) is 0.923. The van der Waals surface area contributed by atoms with Gasteiger partial charge in [-0.25, -0.2) is 0 Å². The first kappa shape index (κ1) is 15.4. The van der Waals surface area contributed by atoms with Gasteiger partial charge in [0.05, 0.1) is 0 Å². The van der Waals surface area contributed by atoms with E-state index in [1.165, 1.54) is 0 Å². The molecule has 0 aromatic heterocycles. The van der Waals surface area contributed by atoms with E-state index in [2.05, 4.69) is 33.0 Å². The molecule has 0 heterocycles. The molecule has 0 saturated carbocycles. The predicted octanol–water partition coefficient (Wildman–Crippen LogP) is 2.90. The fourth-order valence-electron chi connectivity index (χ4n) is 1.49. The maximum absolute atomic E-state index is 11.3. The monoisotopic (exact) mass is 229 g/mol. The third-order valence-corrected chi connectivity index (χ3v) is 3.24. The second-order valence-electron chi connectivity index (χ2n) is 5.75. The number of carboxylic acids is 1. The van der Waals surface area contributed by atoms with Gasteiger partial charge in [0.15, 0.2) is 0 Å². The molecule has 0 spiro atoms. The molecule has 0 aliphatic carbocycles. The van der Waals surface area contributed by atoms with Crippen LogP contribution in [0, 0.1) is 11.8 Å². The summed E-state index contributed by atoms with van der Waals surface area (Å²) in [6, 6.07) is 0.216. The fourth-order valence-corrected chi connectivity index (χ4v) is 1.49. The molecule has 2 atom stereocenters. The normalized spacial score (nSPS) is 17.5. The zero-order valence-corrected chi connectivity index (χ0v) is 11.5. The summed E-state index contributed by atoms with van der Waals surface area (Å²) in [5.74, 6) is 0.230. The first-order valence-corrected chi connectivity index (χ1v) is 6.20. The number of carboxylic acid groups (broad SMARTS) is 1. The number of hydrogen-bond donors (Lipinski definition) is 2. The van der Waals surface area contributed by atoms with Crippen LogP contribution in [0.25, 0.3) is 0 Å². The van der Waals surface area contributed by atoms with Gasteiger partial charge in [0, 0.05) is 6.04 Å². The van der Waals surface area contributed by atoms with Crippen molar-refractivity contribution < 1.29 is 9.90 Å². The van der Waals surface area contributed by atoms with Crippen molar-refractivity contribution in [3.63, 3.8) is 0 Å². The van der Waals surface area contributed by atoms with Crippen LogP contribution in [-0.2, 0) is 4.79 Å². The van der Waals surface area contributed by atoms with Crippen LogP contribution in [0.4, 0.5) is 0 Å². The molecule has 0 aliphatic heterocycles. The molecule has 0 aliphatic rings. The summed E-state index contributed by atoms with van der Waals surface area (Å²) in [5, 5.41) is 12.6. The van der Waals surface area contributed by atoms with Gasteiger partial charge in [-0.15, -0.1) is 0 Å². The van der Waals surface area contributed by atoms with Crippen LogP contribution in [0.5, 0.6) is 0 Å². The van der Waals surface area contributed by atoms with Crippen molar-refractivity contribution in [2.24, 2.45) is 11.8 Å². The first-order valence-electron chi connectivity index (χ1n) is 6.20. The smallest absolute Gasteiger partial charge is 0.323 e. The van der Waals surface area contributed by atoms with Gasteiger partial charge in [0.1, 0.15) is 5.54 Å². The maximum Gasteiger partial charge on any atom is 0.323 e. The van der Waals surface area contributed by atoms with Gasteiger partial charge in [-0.1, -0.05) is 27.7 Å². The third-order valence-electron chi connectivity index (χ3n) is 3.24. The lowest BCUT2D eigenvalue weighted by Crippen LogP contribution is -2.54. The van der Waals surface area contributed by atoms with E-state index in [1.54, 1.807) is 6.92 Å². The van der Waals surface area contributed by atoms with E-state index in [9.17, 15) is 9.90 Å². The van der Waals surface area contributed by atoms with Crippen molar-refractivity contribution in [1.82, 2.24) is 5.32 Å². The molecule has 96 valence electrons. The van der Waals surface area contributed by atoms with Crippen LogP contribution in [0.3, 0.4) is 0 Å². The van der Waals surface area contributed by atoms with E-state index in [4.69, 9.17) is 0 Å². The highest BCUT2D eigenvalue weighted by Crippen LogP contribution is 2.19. The second-order valence-corrected chi connectivity index (χ2v) is 5.75. The Bertz CT molecular complexity index is 226. The lowest BCUT2D eigenvalue weighted by molar-refractivity contribution is -0.145. The van der Waals surface area contributed by atoms with E-state index < -0.39 is 11.5 Å². The molecule has 0 fully saturated rings. The summed E-state index contributed by atoms with van der Waals surface area (Å²) in [6.45, 7) is 12.3. The minimum Gasteiger partial charge on any atom is -0.480 e. The summed E-state index contributed by atoms with van der Waals surface area (Å²) in [5.41, 5.74) is -0.798. The van der Waals surface area contributed by atoms with Crippen molar-refractivity contribution in [3.05, 3.63) is 0 Å². The number of rotatable bonds is 7. The Morgan fingerprint density at radius 3 is 2.06 bits per heavy atom. The van der Waals surface area contributed by atoms with Gasteiger partial charge < -0.3 is 5.11 Å². The van der Waals surface area contributed by atoms with E-state index >= 15 is 0 Å². The third kappa shape index (κ3) is 4.97. The molecule has 2 unspecified atom stereocenters. The molecule has 0 rings (SSSR count). The van der Waals surface area contributed by atoms with Gasteiger partial charge in [-0.3, -0.25) is 10.1 Å². The zero-order chi connectivity index (χ0) is 12.9. The lowest BCUT2D eigenvalue weighted by Gasteiger charge is -2.32. The topological polar surface area (TPSA) is 49.3 Å². The van der Waals surface area contributed by atoms with Crippen molar-refractivity contribution in [1.29, 1.82) is 0 Å². The van der Waals surface area contributed by atoms with Crippen LogP contribution in [-0.4, -0.2) is 22.7 Å². The Morgan fingerprint density at radius 2 is 1.75 bits per heavy atom. The van der Waals surface area contributed by atoms with E-state index in [1.807, 2.05) is 6.92 Å². The standard InChI is InChI=1S/C13H27NO2/c1-9(2)7-8-13(6,12(15)16)14-11(5)10(3)4/h9-11,14H,7-8H2,1-6H3,(H,15,16). The minimum atomic E-state index is -0.798. The van der Waals surface area contributed by atoms with Crippen LogP contribution in [0.15, 0.2) is 0 Å². The van der Waals surface area contributed by atoms with Crippen molar-refractivity contribution >= 4 is 5.97 Å². The zero-order valence-electron chi connectivity index (χ0n) is 11.5. The number of aliphatic carboxylic acids is 1. The van der Waals surface area contributed by atoms with Crippen molar-refractivity contribution in [2.75, 3.05) is 0 Å². The lowest BCUT2D eigenvalue weighted by atomic mass is 9.90. The largest absolute Gasteiger partial charge is 0.480 e. The molecule has 0 radical (unpaired) electrons. The molecule has 0 bridgehead atoms. The summed E-state index contributed by atoms with van der Waals surface area (Å²) >= 11 is 0. The van der Waals surface area contributed by atoms with E-state index in [0.717, 1.165) is 6.42 Å². The SMILES string of the molecule is CC(C)CCC(C)(NC(C)C(C)C)C(=O)O. The molecular weight excluding hydrogens is 202 g/mol. The summed E-state index contributed by atoms with van der Waals surface area (Å²) in [4.78, 5) is 11.3. The quantitative estimate of drug-likeness (QED) is 0.705. The average Bonchev–Trinajstić information content (AvgIpc) is 2.14. The predicted molar refractivity (Wildman–Crippen MR) is 67.5 cm³/mol.